The van der Waals surface area contributed by atoms with E-state index in [-0.39, 0.29) is 21.2 Å². The summed E-state index contributed by atoms with van der Waals surface area (Å²) >= 11 is 6.01. The van der Waals surface area contributed by atoms with Crippen LogP contribution in [0.15, 0.2) is 77.7 Å². The smallest absolute Gasteiger partial charge is 0.269 e. The molecule has 3 aromatic carbocycles. The fourth-order valence-corrected chi connectivity index (χ4v) is 4.10. The van der Waals surface area contributed by atoms with Gasteiger partial charge < -0.3 is 4.74 Å². The first-order chi connectivity index (χ1) is 15.8. The van der Waals surface area contributed by atoms with E-state index < -0.39 is 21.8 Å². The number of hydrazine groups is 1. The van der Waals surface area contributed by atoms with Crippen LogP contribution in [0.1, 0.15) is 34.1 Å². The Balaban J connectivity index is 1.64. The highest BCUT2D eigenvalue weighted by Gasteiger charge is 2.18. The third-order valence-electron chi connectivity index (χ3n) is 4.40. The van der Waals surface area contributed by atoms with E-state index >= 15 is 0 Å². The van der Waals surface area contributed by atoms with E-state index in [1.807, 2.05) is 6.92 Å². The van der Waals surface area contributed by atoms with Crippen LogP contribution in [0.4, 0.5) is 5.69 Å². The Bertz CT molecular complexity index is 1250. The lowest BCUT2D eigenvalue weighted by Gasteiger charge is -2.11. The Morgan fingerprint density at radius 3 is 2.21 bits per heavy atom. The van der Waals surface area contributed by atoms with Gasteiger partial charge in [0.25, 0.3) is 21.8 Å². The van der Waals surface area contributed by atoms with Gasteiger partial charge in [-0.25, -0.2) is 8.42 Å². The first kappa shape index (κ1) is 24.1. The number of rotatable bonds is 8. The van der Waals surface area contributed by atoms with Crippen molar-refractivity contribution in [2.45, 2.75) is 18.2 Å². The van der Waals surface area contributed by atoms with Gasteiger partial charge in [0.15, 0.2) is 0 Å². The van der Waals surface area contributed by atoms with Crippen LogP contribution in [0.25, 0.3) is 0 Å². The highest BCUT2D eigenvalue weighted by Crippen LogP contribution is 2.24. The molecule has 0 fully saturated rings. The molecule has 0 atom stereocenters. The van der Waals surface area contributed by atoms with Crippen LogP contribution in [0.5, 0.6) is 5.75 Å². The molecule has 172 valence electrons. The predicted octanol–water partition coefficient (Wildman–Crippen LogP) is 4.00. The van der Waals surface area contributed by atoms with Gasteiger partial charge in [0.2, 0.25) is 0 Å². The van der Waals surface area contributed by atoms with E-state index in [1.165, 1.54) is 30.3 Å². The minimum atomic E-state index is -3.99. The zero-order valence-corrected chi connectivity index (χ0v) is 19.2. The first-order valence-electron chi connectivity index (χ1n) is 10.0. The lowest BCUT2D eigenvalue weighted by Crippen LogP contribution is -2.41. The molecule has 8 nitrogen and oxygen atoms in total. The van der Waals surface area contributed by atoms with Crippen LogP contribution in [0.3, 0.4) is 0 Å². The third-order valence-corrected chi connectivity index (χ3v) is 6.10. The maximum Gasteiger partial charge on any atom is 0.269 e. The summed E-state index contributed by atoms with van der Waals surface area (Å²) in [5.41, 5.74) is 5.16. The zero-order valence-electron chi connectivity index (χ0n) is 17.7. The number of para-hydroxylation sites is 1. The number of halogens is 1. The van der Waals surface area contributed by atoms with Crippen LogP contribution >= 0.6 is 11.6 Å². The van der Waals surface area contributed by atoms with Gasteiger partial charge >= 0.3 is 0 Å². The Kier molecular flexibility index (Phi) is 7.92. The molecule has 0 spiro atoms. The molecule has 0 radical (unpaired) electrons. The average Bonchev–Trinajstić information content (AvgIpc) is 2.82. The van der Waals surface area contributed by atoms with Crippen molar-refractivity contribution >= 4 is 39.1 Å². The summed E-state index contributed by atoms with van der Waals surface area (Å²) in [7, 11) is -3.99. The number of sulfonamides is 1. The fourth-order valence-electron chi connectivity index (χ4n) is 2.73. The van der Waals surface area contributed by atoms with Crippen molar-refractivity contribution in [2.75, 3.05) is 11.3 Å². The normalized spacial score (nSPS) is 10.8. The maximum atomic E-state index is 12.7. The predicted molar refractivity (Wildman–Crippen MR) is 126 cm³/mol. The summed E-state index contributed by atoms with van der Waals surface area (Å²) in [5, 5.41) is 0.239. The molecule has 2 amide bonds. The number of nitrogens with one attached hydrogen (secondary N) is 3. The summed E-state index contributed by atoms with van der Waals surface area (Å²) < 4.78 is 33.2. The number of ether oxygens (including phenoxy) is 1. The number of amides is 2. The minimum Gasteiger partial charge on any atom is -0.494 e. The van der Waals surface area contributed by atoms with Crippen molar-refractivity contribution in [3.8, 4) is 5.75 Å². The second-order valence-electron chi connectivity index (χ2n) is 6.89. The van der Waals surface area contributed by atoms with Gasteiger partial charge in [0.1, 0.15) is 5.75 Å². The van der Waals surface area contributed by atoms with Crippen molar-refractivity contribution in [3.05, 3.63) is 88.9 Å². The summed E-state index contributed by atoms with van der Waals surface area (Å²) in [5.74, 6) is -0.573. The standard InChI is InChI=1S/C23H22ClN3O5S/c1-2-14-32-18-12-10-16(11-13-18)22(28)25-26-23(29)17-6-5-7-19(15-17)33(30,31)27-21-9-4-3-8-20(21)24/h3-13,15,27H,2,14H2,1H3,(H,25,28)(H,26,29). The van der Waals surface area contributed by atoms with Crippen molar-refractivity contribution in [1.82, 2.24) is 10.9 Å². The molecular weight excluding hydrogens is 466 g/mol. The topological polar surface area (TPSA) is 114 Å². The maximum absolute atomic E-state index is 12.7. The molecule has 3 rings (SSSR count). The van der Waals surface area contributed by atoms with Crippen LogP contribution in [-0.4, -0.2) is 26.8 Å². The lowest BCUT2D eigenvalue weighted by molar-refractivity contribution is 0.0846. The van der Waals surface area contributed by atoms with Gasteiger partial charge in [-0.1, -0.05) is 36.7 Å². The SMILES string of the molecule is CCCOc1ccc(C(=O)NNC(=O)c2cccc(S(=O)(=O)Nc3ccccc3Cl)c2)cc1. The molecule has 3 N–H and O–H groups in total. The highest BCUT2D eigenvalue weighted by molar-refractivity contribution is 7.92. The molecule has 0 heterocycles. The first-order valence-corrected chi connectivity index (χ1v) is 11.9. The number of carbonyl (C=O) groups excluding carboxylic acids is 2. The molecule has 3 aromatic rings. The summed E-state index contributed by atoms with van der Waals surface area (Å²) in [4.78, 5) is 24.6. The second-order valence-corrected chi connectivity index (χ2v) is 8.98. The average molecular weight is 488 g/mol. The number of hydrogen-bond acceptors (Lipinski definition) is 5. The molecule has 0 bridgehead atoms. The minimum absolute atomic E-state index is 0.0423. The van der Waals surface area contributed by atoms with Crippen molar-refractivity contribution in [3.63, 3.8) is 0 Å². The molecule has 0 aliphatic carbocycles. The Morgan fingerprint density at radius 2 is 1.55 bits per heavy atom. The van der Waals surface area contributed by atoms with E-state index in [1.54, 1.807) is 42.5 Å². The van der Waals surface area contributed by atoms with E-state index in [0.29, 0.717) is 17.9 Å². The largest absolute Gasteiger partial charge is 0.494 e. The number of benzene rings is 3. The van der Waals surface area contributed by atoms with Crippen LogP contribution in [0.2, 0.25) is 5.02 Å². The third kappa shape index (κ3) is 6.47. The van der Waals surface area contributed by atoms with E-state index in [2.05, 4.69) is 15.6 Å². The van der Waals surface area contributed by atoms with Crippen molar-refractivity contribution in [1.29, 1.82) is 0 Å². The van der Waals surface area contributed by atoms with Gasteiger partial charge in [-0.15, -0.1) is 0 Å². The Labute approximate surface area is 196 Å². The molecule has 0 saturated carbocycles. The Hall–Kier alpha value is -3.56. The monoisotopic (exact) mass is 487 g/mol. The molecule has 0 aromatic heterocycles. The van der Waals surface area contributed by atoms with Gasteiger partial charge in [-0.05, 0) is 61.0 Å². The van der Waals surface area contributed by atoms with Gasteiger partial charge in [-0.2, -0.15) is 0 Å². The number of carbonyl (C=O) groups is 2. The Morgan fingerprint density at radius 1 is 0.879 bits per heavy atom. The molecule has 0 aliphatic rings. The zero-order chi connectivity index (χ0) is 23.8. The molecule has 0 aliphatic heterocycles. The quantitative estimate of drug-likeness (QED) is 0.415. The van der Waals surface area contributed by atoms with Crippen molar-refractivity contribution < 1.29 is 22.7 Å². The fraction of sp³-hybridized carbons (Fsp3) is 0.130. The van der Waals surface area contributed by atoms with Crippen LogP contribution in [0, 0.1) is 0 Å². The van der Waals surface area contributed by atoms with Gasteiger partial charge in [-0.3, -0.25) is 25.2 Å². The van der Waals surface area contributed by atoms with E-state index in [9.17, 15) is 18.0 Å². The van der Waals surface area contributed by atoms with Crippen LogP contribution in [-0.2, 0) is 10.0 Å². The number of anilines is 1. The second kappa shape index (κ2) is 10.8. The molecule has 0 unspecified atom stereocenters. The van der Waals surface area contributed by atoms with Gasteiger partial charge in [0, 0.05) is 11.1 Å². The highest BCUT2D eigenvalue weighted by atomic mass is 35.5. The van der Waals surface area contributed by atoms with E-state index in [4.69, 9.17) is 16.3 Å². The summed E-state index contributed by atoms with van der Waals surface area (Å²) in [6.45, 7) is 2.56. The van der Waals surface area contributed by atoms with Gasteiger partial charge in [0.05, 0.1) is 22.2 Å². The lowest BCUT2D eigenvalue weighted by atomic mass is 10.2. The molecule has 0 saturated heterocycles. The molecule has 10 heteroatoms. The molecular formula is C23H22ClN3O5S. The summed E-state index contributed by atoms with van der Waals surface area (Å²) in [6.07, 6.45) is 0.868. The molecule has 33 heavy (non-hydrogen) atoms. The van der Waals surface area contributed by atoms with E-state index in [0.717, 1.165) is 6.42 Å². The van der Waals surface area contributed by atoms with Crippen LogP contribution < -0.4 is 20.3 Å². The number of hydrogen-bond donors (Lipinski definition) is 3. The summed E-state index contributed by atoms with van der Waals surface area (Å²) in [6, 6.07) is 18.2. The van der Waals surface area contributed by atoms with Crippen molar-refractivity contribution in [2.24, 2.45) is 0 Å².